The van der Waals surface area contributed by atoms with Gasteiger partial charge in [0.15, 0.2) is 0 Å². The van der Waals surface area contributed by atoms with Gasteiger partial charge in [-0.15, -0.1) is 0 Å². The number of nitrogens with zero attached hydrogens (tertiary/aromatic N) is 2. The fraction of sp³-hybridized carbons (Fsp3) is 0.643. The lowest BCUT2D eigenvalue weighted by Gasteiger charge is -2.61. The fourth-order valence-corrected chi connectivity index (χ4v) is 6.89. The number of ether oxygens (including phenoxy) is 3. The molecular formula is C28H38N2O8. The monoisotopic (exact) mass is 530 g/mol. The van der Waals surface area contributed by atoms with Crippen LogP contribution in [-0.2, 0) is 30.4 Å². The lowest BCUT2D eigenvalue weighted by atomic mass is 9.53. The van der Waals surface area contributed by atoms with Gasteiger partial charge in [-0.2, -0.15) is 0 Å². The number of rotatable bonds is 8. The van der Waals surface area contributed by atoms with Crippen molar-refractivity contribution in [2.45, 2.75) is 70.7 Å². The van der Waals surface area contributed by atoms with E-state index >= 15 is 0 Å². The maximum atomic E-state index is 14.0. The minimum atomic E-state index is -1.45. The summed E-state index contributed by atoms with van der Waals surface area (Å²) in [7, 11) is 1.57. The minimum Gasteiger partial charge on any atom is -0.497 e. The summed E-state index contributed by atoms with van der Waals surface area (Å²) in [5.74, 6) is -0.933. The van der Waals surface area contributed by atoms with Gasteiger partial charge in [0.05, 0.1) is 43.7 Å². The number of piperidine rings is 1. The first-order valence-corrected chi connectivity index (χ1v) is 13.1. The van der Waals surface area contributed by atoms with Gasteiger partial charge in [-0.25, -0.2) is 4.79 Å². The van der Waals surface area contributed by atoms with Gasteiger partial charge in [0.25, 0.3) is 0 Å². The largest absolute Gasteiger partial charge is 0.497 e. The van der Waals surface area contributed by atoms with Gasteiger partial charge < -0.3 is 33.9 Å². The smallest absolute Gasteiger partial charge is 0.410 e. The van der Waals surface area contributed by atoms with Crippen LogP contribution in [0.2, 0.25) is 0 Å². The molecule has 0 radical (unpaired) electrons. The van der Waals surface area contributed by atoms with E-state index in [1.807, 2.05) is 12.1 Å². The van der Waals surface area contributed by atoms with E-state index in [4.69, 9.17) is 14.2 Å². The van der Waals surface area contributed by atoms with Crippen LogP contribution in [0.3, 0.4) is 0 Å². The predicted octanol–water partition coefficient (Wildman–Crippen LogP) is 2.55. The highest BCUT2D eigenvalue weighted by Gasteiger charge is 2.74. The van der Waals surface area contributed by atoms with Crippen LogP contribution in [0.4, 0.5) is 4.79 Å². The molecule has 1 aromatic carbocycles. The number of carbonyl (C=O) groups is 4. The molecular weight excluding hydrogens is 492 g/mol. The number of methoxy groups -OCH3 is 1. The summed E-state index contributed by atoms with van der Waals surface area (Å²) in [5.41, 5.74) is -2.71. The molecule has 4 bridgehead atoms. The molecule has 38 heavy (non-hydrogen) atoms. The molecule has 2 amide bonds. The number of hydrogen-bond donors (Lipinski definition) is 1. The van der Waals surface area contributed by atoms with Crippen molar-refractivity contribution in [3.05, 3.63) is 29.8 Å². The number of aliphatic hydroxyl groups excluding tert-OH is 1. The summed E-state index contributed by atoms with van der Waals surface area (Å²) >= 11 is 0. The molecule has 2 saturated heterocycles. The first kappa shape index (κ1) is 27.9. The van der Waals surface area contributed by atoms with E-state index < -0.39 is 47.2 Å². The molecule has 4 rings (SSSR count). The zero-order chi connectivity index (χ0) is 27.9. The molecule has 5 atom stereocenters. The number of aldehydes is 1. The number of benzene rings is 1. The van der Waals surface area contributed by atoms with Gasteiger partial charge in [-0.05, 0) is 64.2 Å². The minimum absolute atomic E-state index is 0.0875. The van der Waals surface area contributed by atoms with Crippen LogP contribution < -0.4 is 4.74 Å². The molecule has 1 aromatic rings. The highest BCUT2D eigenvalue weighted by atomic mass is 16.6. The molecule has 0 spiro atoms. The summed E-state index contributed by atoms with van der Waals surface area (Å²) in [5, 5.41) is 10.7. The number of likely N-dealkylation sites (tertiary alicyclic amines) is 2. The van der Waals surface area contributed by atoms with Crippen molar-refractivity contribution in [3.8, 4) is 5.75 Å². The summed E-state index contributed by atoms with van der Waals surface area (Å²) in [6, 6.07) is 6.28. The average Bonchev–Trinajstić information content (AvgIpc) is 3.02. The molecule has 2 aliphatic heterocycles. The maximum Gasteiger partial charge on any atom is 0.410 e. The van der Waals surface area contributed by atoms with E-state index in [2.05, 4.69) is 0 Å². The Balaban J connectivity index is 1.89. The summed E-state index contributed by atoms with van der Waals surface area (Å²) in [6.45, 7) is 6.92. The van der Waals surface area contributed by atoms with E-state index in [0.717, 1.165) is 5.56 Å². The number of amides is 2. The van der Waals surface area contributed by atoms with Crippen LogP contribution in [0.5, 0.6) is 5.75 Å². The summed E-state index contributed by atoms with van der Waals surface area (Å²) in [4.78, 5) is 56.6. The third-order valence-electron chi connectivity index (χ3n) is 8.21. The van der Waals surface area contributed by atoms with Crippen LogP contribution in [0, 0.1) is 17.3 Å². The summed E-state index contributed by atoms with van der Waals surface area (Å²) in [6.07, 6.45) is 0.345. The van der Waals surface area contributed by atoms with Gasteiger partial charge in [-0.1, -0.05) is 12.1 Å². The number of aliphatic hydroxyl groups is 1. The molecule has 1 N–H and O–H groups in total. The number of esters is 1. The Bertz CT molecular complexity index is 1080. The molecule has 208 valence electrons. The Morgan fingerprint density at radius 2 is 1.89 bits per heavy atom. The van der Waals surface area contributed by atoms with Crippen molar-refractivity contribution in [2.75, 3.05) is 26.9 Å². The molecule has 3 aliphatic rings. The average molecular weight is 531 g/mol. The zero-order valence-electron chi connectivity index (χ0n) is 22.8. The van der Waals surface area contributed by atoms with E-state index in [1.165, 1.54) is 4.90 Å². The number of hydrogen-bond acceptors (Lipinski definition) is 8. The molecule has 1 saturated carbocycles. The Labute approximate surface area is 223 Å². The fourth-order valence-electron chi connectivity index (χ4n) is 6.89. The van der Waals surface area contributed by atoms with Crippen LogP contribution in [0.1, 0.15) is 52.5 Å². The van der Waals surface area contributed by atoms with Crippen molar-refractivity contribution in [1.82, 2.24) is 9.80 Å². The van der Waals surface area contributed by atoms with Crippen LogP contribution in [0.25, 0.3) is 0 Å². The number of carbonyl (C=O) groups excluding carboxylic acids is 4. The Hall–Kier alpha value is -3.14. The third-order valence-corrected chi connectivity index (χ3v) is 8.21. The summed E-state index contributed by atoms with van der Waals surface area (Å²) < 4.78 is 16.3. The topological polar surface area (TPSA) is 123 Å². The molecule has 10 nitrogen and oxygen atoms in total. The van der Waals surface area contributed by atoms with Crippen molar-refractivity contribution in [1.29, 1.82) is 0 Å². The van der Waals surface area contributed by atoms with Gasteiger partial charge >= 0.3 is 12.1 Å². The van der Waals surface area contributed by atoms with Crippen LogP contribution in [-0.4, -0.2) is 83.2 Å². The van der Waals surface area contributed by atoms with Crippen molar-refractivity contribution in [2.24, 2.45) is 17.3 Å². The molecule has 10 heteroatoms. The molecule has 3 fully saturated rings. The molecule has 0 aromatic heterocycles. The quantitative estimate of drug-likeness (QED) is 0.402. The molecule has 1 aliphatic carbocycles. The van der Waals surface area contributed by atoms with Gasteiger partial charge in [-0.3, -0.25) is 9.59 Å². The van der Waals surface area contributed by atoms with Gasteiger partial charge in [0.2, 0.25) is 5.91 Å². The third kappa shape index (κ3) is 4.52. The SMILES string of the molecule is CCOC(=O)C[C@]12[C@@H]3CCN(C(=O)OC(C)(C)C)[C@H]1[C@](C=O)(CO)C[C@@H]3C(=O)N2Cc1ccc(OC)cc1. The molecule has 0 unspecified atom stereocenters. The van der Waals surface area contributed by atoms with Crippen molar-refractivity contribution < 1.29 is 38.5 Å². The van der Waals surface area contributed by atoms with Gasteiger partial charge in [0.1, 0.15) is 17.6 Å². The van der Waals surface area contributed by atoms with Crippen LogP contribution in [0.15, 0.2) is 24.3 Å². The standard InChI is InChI=1S/C28H38N2O8/c1-6-37-22(33)14-28-21-11-12-29(25(35)38-26(2,3)4)24(28)27(16-31,17-32)13-20(21)23(34)30(28)15-18-7-9-19(36-5)10-8-18/h7-10,16,20-21,24,32H,6,11-15,17H2,1-5H3/t20-,21+,24-,27+,28-/m0/s1. The van der Waals surface area contributed by atoms with Gasteiger partial charge in [0, 0.05) is 19.0 Å². The lowest BCUT2D eigenvalue weighted by molar-refractivity contribution is -0.169. The van der Waals surface area contributed by atoms with E-state index in [9.17, 15) is 24.3 Å². The predicted molar refractivity (Wildman–Crippen MR) is 136 cm³/mol. The Morgan fingerprint density at radius 3 is 2.45 bits per heavy atom. The van der Waals surface area contributed by atoms with Crippen LogP contribution >= 0.6 is 0 Å². The second-order valence-corrected chi connectivity index (χ2v) is 11.5. The first-order chi connectivity index (χ1) is 18.0. The second-order valence-electron chi connectivity index (χ2n) is 11.5. The van der Waals surface area contributed by atoms with Crippen molar-refractivity contribution in [3.63, 3.8) is 0 Å². The Morgan fingerprint density at radius 1 is 1.21 bits per heavy atom. The zero-order valence-corrected chi connectivity index (χ0v) is 22.8. The second kappa shape index (κ2) is 10.2. The maximum absolute atomic E-state index is 14.0. The van der Waals surface area contributed by atoms with Crippen molar-refractivity contribution >= 4 is 24.3 Å². The first-order valence-electron chi connectivity index (χ1n) is 13.1. The van der Waals surface area contributed by atoms with E-state index in [0.29, 0.717) is 18.5 Å². The Kier molecular flexibility index (Phi) is 7.49. The van der Waals surface area contributed by atoms with E-state index in [1.54, 1.807) is 51.8 Å². The normalized spacial score (nSPS) is 30.2. The van der Waals surface area contributed by atoms with E-state index in [-0.39, 0.29) is 44.4 Å². The molecule has 2 heterocycles. The highest BCUT2D eigenvalue weighted by molar-refractivity contribution is 5.88. The lowest BCUT2D eigenvalue weighted by Crippen LogP contribution is -2.75. The highest BCUT2D eigenvalue weighted by Crippen LogP contribution is 2.62.